The number of hydrogen-bond acceptors (Lipinski definition) is 5. The van der Waals surface area contributed by atoms with Gasteiger partial charge in [-0.15, -0.1) is 0 Å². The molecule has 2 atom stereocenters. The molecule has 0 aromatic carbocycles. The van der Waals surface area contributed by atoms with Gasteiger partial charge >= 0.3 is 0 Å². The lowest BCUT2D eigenvalue weighted by atomic mass is 9.85. The van der Waals surface area contributed by atoms with Crippen molar-refractivity contribution >= 4 is 22.6 Å². The van der Waals surface area contributed by atoms with Gasteiger partial charge in [0.1, 0.15) is 11.5 Å². The number of nitrogens with zero attached hydrogens (tertiary/aromatic N) is 4. The van der Waals surface area contributed by atoms with Crippen molar-refractivity contribution in [2.45, 2.75) is 82.3 Å². The topological polar surface area (TPSA) is 63.1 Å². The quantitative estimate of drug-likeness (QED) is 0.770. The number of carbonyl (C=O) groups excluding carboxylic acids is 1. The largest absolute Gasteiger partial charge is 0.367 e. The van der Waals surface area contributed by atoms with Crippen LogP contribution < -0.4 is 5.32 Å². The predicted octanol–water partition coefficient (Wildman–Crippen LogP) is 4.16. The van der Waals surface area contributed by atoms with Crippen LogP contribution in [0.2, 0.25) is 0 Å². The van der Waals surface area contributed by atoms with Crippen LogP contribution in [0.5, 0.6) is 0 Å². The minimum atomic E-state index is 0.178. The van der Waals surface area contributed by atoms with E-state index in [1.807, 2.05) is 19.2 Å². The SMILES string of the molecule is CN1C2CCC1CC(Nc1ccc3c(C(=O)CC4CCCCC4)nn(C)c3n1)C2. The number of piperidine rings is 1. The minimum absolute atomic E-state index is 0.178. The minimum Gasteiger partial charge on any atom is -0.367 e. The van der Waals surface area contributed by atoms with E-state index in [9.17, 15) is 4.79 Å². The molecule has 1 saturated carbocycles. The summed E-state index contributed by atoms with van der Waals surface area (Å²) >= 11 is 0. The van der Waals surface area contributed by atoms with Crippen molar-refractivity contribution in [2.24, 2.45) is 13.0 Å². The van der Waals surface area contributed by atoms with Crippen LogP contribution in [0.15, 0.2) is 12.1 Å². The van der Waals surface area contributed by atoms with E-state index in [0.717, 1.165) is 16.9 Å². The van der Waals surface area contributed by atoms with E-state index in [0.29, 0.717) is 36.2 Å². The zero-order valence-corrected chi connectivity index (χ0v) is 17.7. The molecule has 2 aliphatic heterocycles. The summed E-state index contributed by atoms with van der Waals surface area (Å²) in [5, 5.41) is 9.11. The Kier molecular flexibility index (Phi) is 5.06. The van der Waals surface area contributed by atoms with Gasteiger partial charge in [-0.2, -0.15) is 5.10 Å². The molecule has 2 bridgehead atoms. The summed E-state index contributed by atoms with van der Waals surface area (Å²) in [7, 11) is 4.16. The molecule has 6 nitrogen and oxygen atoms in total. The Labute approximate surface area is 173 Å². The van der Waals surface area contributed by atoms with Crippen molar-refractivity contribution < 1.29 is 4.79 Å². The highest BCUT2D eigenvalue weighted by Gasteiger charge is 2.38. The average Bonchev–Trinajstić information content (AvgIpc) is 3.13. The Morgan fingerprint density at radius 1 is 1.07 bits per heavy atom. The lowest BCUT2D eigenvalue weighted by molar-refractivity contribution is 0.0946. The smallest absolute Gasteiger partial charge is 0.184 e. The number of rotatable bonds is 5. The van der Waals surface area contributed by atoms with Gasteiger partial charge < -0.3 is 10.2 Å². The second-order valence-corrected chi connectivity index (χ2v) is 9.53. The first kappa shape index (κ1) is 19.0. The van der Waals surface area contributed by atoms with Gasteiger partial charge in [0, 0.05) is 31.6 Å². The Balaban J connectivity index is 1.32. The van der Waals surface area contributed by atoms with E-state index in [1.54, 1.807) is 4.68 Å². The molecule has 5 rings (SSSR count). The number of hydrogen-bond donors (Lipinski definition) is 1. The Morgan fingerprint density at radius 2 is 1.79 bits per heavy atom. The number of pyridine rings is 1. The Morgan fingerprint density at radius 3 is 2.52 bits per heavy atom. The van der Waals surface area contributed by atoms with Gasteiger partial charge in [0.05, 0.1) is 5.39 Å². The maximum absolute atomic E-state index is 12.9. The summed E-state index contributed by atoms with van der Waals surface area (Å²) in [6.45, 7) is 0. The fourth-order valence-electron chi connectivity index (χ4n) is 5.91. The molecule has 2 saturated heterocycles. The van der Waals surface area contributed by atoms with Crippen LogP contribution in [0.1, 0.15) is 74.7 Å². The molecule has 2 aromatic heterocycles. The predicted molar refractivity (Wildman–Crippen MR) is 115 cm³/mol. The van der Waals surface area contributed by atoms with Crippen molar-refractivity contribution in [3.63, 3.8) is 0 Å². The number of carbonyl (C=O) groups is 1. The number of anilines is 1. The van der Waals surface area contributed by atoms with Gasteiger partial charge in [-0.05, 0) is 50.8 Å². The van der Waals surface area contributed by atoms with Crippen LogP contribution in [0.4, 0.5) is 5.82 Å². The zero-order chi connectivity index (χ0) is 20.0. The molecular formula is C23H33N5O. The second-order valence-electron chi connectivity index (χ2n) is 9.53. The summed E-state index contributed by atoms with van der Waals surface area (Å²) in [5.41, 5.74) is 1.40. The van der Waals surface area contributed by atoms with Gasteiger partial charge in [0.15, 0.2) is 11.4 Å². The number of aromatic nitrogens is 3. The fraction of sp³-hybridized carbons (Fsp3) is 0.696. The number of nitrogens with one attached hydrogen (secondary N) is 1. The molecule has 4 heterocycles. The van der Waals surface area contributed by atoms with Crippen LogP contribution in [-0.2, 0) is 7.05 Å². The molecule has 1 aliphatic carbocycles. The first-order valence-electron chi connectivity index (χ1n) is 11.4. The molecule has 2 unspecified atom stereocenters. The van der Waals surface area contributed by atoms with Gasteiger partial charge in [-0.3, -0.25) is 4.79 Å². The Bertz CT molecular complexity index is 886. The molecular weight excluding hydrogens is 362 g/mol. The summed E-state index contributed by atoms with van der Waals surface area (Å²) in [4.78, 5) is 20.3. The second kappa shape index (κ2) is 7.71. The molecule has 29 heavy (non-hydrogen) atoms. The molecule has 3 aliphatic rings. The molecule has 6 heteroatoms. The highest BCUT2D eigenvalue weighted by atomic mass is 16.1. The van der Waals surface area contributed by atoms with Crippen LogP contribution in [-0.4, -0.2) is 50.6 Å². The summed E-state index contributed by atoms with van der Waals surface area (Å²) in [6, 6.07) is 5.96. The lowest BCUT2D eigenvalue weighted by Crippen LogP contribution is -2.44. The van der Waals surface area contributed by atoms with E-state index in [2.05, 4.69) is 22.4 Å². The number of fused-ring (bicyclic) bond motifs is 3. The first-order valence-corrected chi connectivity index (χ1v) is 11.4. The summed E-state index contributed by atoms with van der Waals surface area (Å²) in [5.74, 6) is 1.61. The average molecular weight is 396 g/mol. The van der Waals surface area contributed by atoms with Gasteiger partial charge in [-0.1, -0.05) is 32.1 Å². The maximum atomic E-state index is 12.9. The van der Waals surface area contributed by atoms with Gasteiger partial charge in [0.25, 0.3) is 0 Å². The highest BCUT2D eigenvalue weighted by molar-refractivity contribution is 6.05. The van der Waals surface area contributed by atoms with Crippen LogP contribution >= 0.6 is 0 Å². The molecule has 3 fully saturated rings. The van der Waals surface area contributed by atoms with Gasteiger partial charge in [0.2, 0.25) is 0 Å². The monoisotopic (exact) mass is 395 g/mol. The molecule has 156 valence electrons. The molecule has 0 radical (unpaired) electrons. The lowest BCUT2D eigenvalue weighted by Gasteiger charge is -2.36. The molecule has 0 amide bonds. The van der Waals surface area contributed by atoms with Crippen molar-refractivity contribution in [1.29, 1.82) is 0 Å². The third kappa shape index (κ3) is 3.67. The van der Waals surface area contributed by atoms with Crippen molar-refractivity contribution in [1.82, 2.24) is 19.7 Å². The number of ketones is 1. The van der Waals surface area contributed by atoms with E-state index in [4.69, 9.17) is 4.98 Å². The molecule has 1 N–H and O–H groups in total. The van der Waals surface area contributed by atoms with Crippen LogP contribution in [0, 0.1) is 5.92 Å². The highest BCUT2D eigenvalue weighted by Crippen LogP contribution is 2.35. The van der Waals surface area contributed by atoms with E-state index >= 15 is 0 Å². The van der Waals surface area contributed by atoms with E-state index < -0.39 is 0 Å². The maximum Gasteiger partial charge on any atom is 0.184 e. The number of aryl methyl sites for hydroxylation is 1. The van der Waals surface area contributed by atoms with Crippen molar-refractivity contribution in [3.8, 4) is 0 Å². The Hall–Kier alpha value is -1.95. The van der Waals surface area contributed by atoms with Crippen LogP contribution in [0.3, 0.4) is 0 Å². The standard InChI is InChI=1S/C23H33N5O/c1-27-17-8-9-18(27)14-16(13-17)24-21-11-10-19-22(26-28(2)23(19)25-21)20(29)12-15-6-4-3-5-7-15/h10-11,15-18H,3-9,12-14H2,1-2H3,(H,24,25). The third-order valence-electron chi connectivity index (χ3n) is 7.60. The van der Waals surface area contributed by atoms with E-state index in [1.165, 1.54) is 57.8 Å². The molecule has 2 aromatic rings. The first-order chi connectivity index (χ1) is 14.1. The van der Waals surface area contributed by atoms with Crippen molar-refractivity contribution in [3.05, 3.63) is 17.8 Å². The number of Topliss-reactive ketones (excluding diaryl/α,β-unsaturated/α-hetero) is 1. The van der Waals surface area contributed by atoms with E-state index in [-0.39, 0.29) is 5.78 Å². The summed E-state index contributed by atoms with van der Waals surface area (Å²) in [6.07, 6.45) is 11.8. The van der Waals surface area contributed by atoms with Crippen molar-refractivity contribution in [2.75, 3.05) is 12.4 Å². The normalized spacial score (nSPS) is 28.1. The fourth-order valence-corrected chi connectivity index (χ4v) is 5.91. The molecule has 0 spiro atoms. The van der Waals surface area contributed by atoms with Gasteiger partial charge in [-0.25, -0.2) is 9.67 Å². The summed E-state index contributed by atoms with van der Waals surface area (Å²) < 4.78 is 1.77. The van der Waals surface area contributed by atoms with Crippen LogP contribution in [0.25, 0.3) is 11.0 Å². The zero-order valence-electron chi connectivity index (χ0n) is 17.7. The third-order valence-corrected chi connectivity index (χ3v) is 7.60.